The van der Waals surface area contributed by atoms with Gasteiger partial charge in [0.1, 0.15) is 0 Å². The first-order chi connectivity index (χ1) is 12.4. The molecule has 2 heterocycles. The van der Waals surface area contributed by atoms with Gasteiger partial charge in [-0.05, 0) is 56.2 Å². The minimum atomic E-state index is -0.0666. The lowest BCUT2D eigenvalue weighted by molar-refractivity contribution is -0.114. The van der Waals surface area contributed by atoms with Crippen molar-refractivity contribution in [1.82, 2.24) is 9.88 Å². The van der Waals surface area contributed by atoms with Gasteiger partial charge in [-0.25, -0.2) is 4.98 Å². The number of thiophene rings is 1. The topological polar surface area (TPSA) is 36.4 Å². The van der Waals surface area contributed by atoms with Crippen LogP contribution in [0.4, 0.5) is 5.13 Å². The second kappa shape index (κ2) is 8.31. The summed E-state index contributed by atoms with van der Waals surface area (Å²) >= 11 is 9.27. The molecule has 0 atom stereocenters. The third kappa shape index (κ3) is 4.51. The number of anilines is 1. The number of aromatic nitrogens is 1. The highest BCUT2D eigenvalue weighted by molar-refractivity contribution is 7.22. The number of amides is 1. The smallest absolute Gasteiger partial charge is 0.252 e. The van der Waals surface area contributed by atoms with Crippen LogP contribution < -0.4 is 4.90 Å². The van der Waals surface area contributed by atoms with E-state index in [0.29, 0.717) is 16.7 Å². The standard InChI is InChI=1S/C19H20ClN3OS2/c1-13-11-14(20)12-16-18(13)21-19(26-16)23(9-8-22(2)3)17(24)7-6-15-5-4-10-25-15/h4-7,10-12H,8-9H2,1-3H3/b7-6+. The van der Waals surface area contributed by atoms with Crippen LogP contribution in [0.1, 0.15) is 10.4 Å². The molecule has 1 amide bonds. The molecule has 3 rings (SSSR count). The molecule has 0 radical (unpaired) electrons. The van der Waals surface area contributed by atoms with Gasteiger partial charge in [-0.3, -0.25) is 9.69 Å². The Morgan fingerprint density at radius 2 is 2.12 bits per heavy atom. The second-order valence-electron chi connectivity index (χ2n) is 6.21. The van der Waals surface area contributed by atoms with Gasteiger partial charge in [0, 0.05) is 29.1 Å². The van der Waals surface area contributed by atoms with Gasteiger partial charge in [-0.15, -0.1) is 11.3 Å². The summed E-state index contributed by atoms with van der Waals surface area (Å²) < 4.78 is 0.995. The predicted molar refractivity (Wildman–Crippen MR) is 114 cm³/mol. The maximum Gasteiger partial charge on any atom is 0.252 e. The van der Waals surface area contributed by atoms with Crippen LogP contribution in [0.5, 0.6) is 0 Å². The molecule has 0 aliphatic heterocycles. The Labute approximate surface area is 166 Å². The van der Waals surface area contributed by atoms with E-state index in [4.69, 9.17) is 16.6 Å². The van der Waals surface area contributed by atoms with Gasteiger partial charge < -0.3 is 4.90 Å². The van der Waals surface area contributed by atoms with E-state index in [-0.39, 0.29) is 5.91 Å². The molecule has 2 aromatic heterocycles. The van der Waals surface area contributed by atoms with Crippen LogP contribution in [0.3, 0.4) is 0 Å². The Morgan fingerprint density at radius 3 is 2.81 bits per heavy atom. The minimum absolute atomic E-state index is 0.0666. The van der Waals surface area contributed by atoms with E-state index in [0.717, 1.165) is 27.2 Å². The van der Waals surface area contributed by atoms with Gasteiger partial charge in [-0.1, -0.05) is 29.0 Å². The predicted octanol–water partition coefficient (Wildman–Crippen LogP) is 4.93. The van der Waals surface area contributed by atoms with Gasteiger partial charge in [-0.2, -0.15) is 0 Å². The Balaban J connectivity index is 1.92. The molecule has 0 N–H and O–H groups in total. The monoisotopic (exact) mass is 405 g/mol. The van der Waals surface area contributed by atoms with Crippen molar-refractivity contribution < 1.29 is 4.79 Å². The Hall–Kier alpha value is -1.73. The van der Waals surface area contributed by atoms with E-state index in [9.17, 15) is 4.79 Å². The van der Waals surface area contributed by atoms with Crippen molar-refractivity contribution in [2.75, 3.05) is 32.1 Å². The molecule has 0 saturated carbocycles. The van der Waals surface area contributed by atoms with E-state index >= 15 is 0 Å². The average Bonchev–Trinajstić information content (AvgIpc) is 3.22. The zero-order valence-corrected chi connectivity index (χ0v) is 17.3. The Morgan fingerprint density at radius 1 is 1.31 bits per heavy atom. The van der Waals surface area contributed by atoms with Gasteiger partial charge in [0.15, 0.2) is 5.13 Å². The van der Waals surface area contributed by atoms with Crippen LogP contribution in [0.15, 0.2) is 35.7 Å². The summed E-state index contributed by atoms with van der Waals surface area (Å²) in [4.78, 5) is 22.4. The fraction of sp³-hybridized carbons (Fsp3) is 0.263. The molecule has 3 aromatic rings. The number of hydrogen-bond acceptors (Lipinski definition) is 5. The fourth-order valence-electron chi connectivity index (χ4n) is 2.49. The van der Waals surface area contributed by atoms with E-state index in [1.165, 1.54) is 11.3 Å². The fourth-order valence-corrected chi connectivity index (χ4v) is 4.56. The molecule has 0 aliphatic carbocycles. The summed E-state index contributed by atoms with van der Waals surface area (Å²) in [5.74, 6) is -0.0666. The molecule has 0 fully saturated rings. The molecule has 7 heteroatoms. The normalized spacial score (nSPS) is 11.7. The van der Waals surface area contributed by atoms with Crippen LogP contribution in [0.25, 0.3) is 16.3 Å². The Bertz CT molecular complexity index is 932. The lowest BCUT2D eigenvalue weighted by atomic mass is 10.2. The highest BCUT2D eigenvalue weighted by Crippen LogP contribution is 2.33. The van der Waals surface area contributed by atoms with Crippen molar-refractivity contribution in [1.29, 1.82) is 0 Å². The van der Waals surface area contributed by atoms with Crippen molar-refractivity contribution in [3.63, 3.8) is 0 Å². The number of thiazole rings is 1. The zero-order chi connectivity index (χ0) is 18.7. The van der Waals surface area contributed by atoms with Crippen molar-refractivity contribution in [3.8, 4) is 0 Å². The van der Waals surface area contributed by atoms with Gasteiger partial charge >= 0.3 is 0 Å². The second-order valence-corrected chi connectivity index (χ2v) is 8.63. The molecule has 0 bridgehead atoms. The first-order valence-electron chi connectivity index (χ1n) is 8.18. The van der Waals surface area contributed by atoms with E-state index < -0.39 is 0 Å². The molecule has 4 nitrogen and oxygen atoms in total. The molecule has 136 valence electrons. The van der Waals surface area contributed by atoms with Crippen LogP contribution in [-0.4, -0.2) is 43.0 Å². The maximum absolute atomic E-state index is 12.8. The third-order valence-electron chi connectivity index (χ3n) is 3.84. The largest absolute Gasteiger partial charge is 0.308 e. The zero-order valence-electron chi connectivity index (χ0n) is 14.9. The Kier molecular flexibility index (Phi) is 6.09. The number of fused-ring (bicyclic) bond motifs is 1. The summed E-state index contributed by atoms with van der Waals surface area (Å²) in [7, 11) is 3.98. The number of carbonyl (C=O) groups is 1. The number of rotatable bonds is 6. The third-order valence-corrected chi connectivity index (χ3v) is 5.92. The van der Waals surface area contributed by atoms with Crippen molar-refractivity contribution >= 4 is 61.6 Å². The number of halogens is 1. The van der Waals surface area contributed by atoms with Crippen LogP contribution >= 0.6 is 34.3 Å². The van der Waals surface area contributed by atoms with Crippen LogP contribution in [0, 0.1) is 6.92 Å². The highest BCUT2D eigenvalue weighted by atomic mass is 35.5. The molecule has 0 saturated heterocycles. The SMILES string of the molecule is Cc1cc(Cl)cc2sc(N(CCN(C)C)C(=O)/C=C/c3cccs3)nc12. The van der Waals surface area contributed by atoms with E-state index in [1.807, 2.05) is 56.7 Å². The summed E-state index contributed by atoms with van der Waals surface area (Å²) in [6, 6.07) is 7.76. The van der Waals surface area contributed by atoms with Crippen LogP contribution in [0.2, 0.25) is 5.02 Å². The highest BCUT2D eigenvalue weighted by Gasteiger charge is 2.19. The molecule has 0 spiro atoms. The molecular formula is C19H20ClN3OS2. The molecule has 26 heavy (non-hydrogen) atoms. The molecular weight excluding hydrogens is 386 g/mol. The number of likely N-dealkylation sites (N-methyl/N-ethyl adjacent to an activating group) is 1. The van der Waals surface area contributed by atoms with Crippen molar-refractivity contribution in [2.24, 2.45) is 0 Å². The maximum atomic E-state index is 12.8. The number of hydrogen-bond donors (Lipinski definition) is 0. The molecule has 0 aliphatic rings. The number of carbonyl (C=O) groups excluding carboxylic acids is 1. The van der Waals surface area contributed by atoms with Crippen molar-refractivity contribution in [2.45, 2.75) is 6.92 Å². The first-order valence-corrected chi connectivity index (χ1v) is 10.3. The van der Waals surface area contributed by atoms with Gasteiger partial charge in [0.25, 0.3) is 5.91 Å². The summed E-state index contributed by atoms with van der Waals surface area (Å²) in [6.07, 6.45) is 3.47. The summed E-state index contributed by atoms with van der Waals surface area (Å²) in [6.45, 7) is 3.32. The summed E-state index contributed by atoms with van der Waals surface area (Å²) in [5.41, 5.74) is 1.92. The van der Waals surface area contributed by atoms with Crippen molar-refractivity contribution in [3.05, 3.63) is 51.2 Å². The van der Waals surface area contributed by atoms with E-state index in [1.54, 1.807) is 22.3 Å². The summed E-state index contributed by atoms with van der Waals surface area (Å²) in [5, 5.41) is 3.38. The lowest BCUT2D eigenvalue weighted by Gasteiger charge is -2.20. The quantitative estimate of drug-likeness (QED) is 0.545. The molecule has 0 unspecified atom stereocenters. The lowest BCUT2D eigenvalue weighted by Crippen LogP contribution is -2.35. The van der Waals surface area contributed by atoms with Gasteiger partial charge in [0.05, 0.1) is 10.2 Å². The number of nitrogens with zero attached hydrogens (tertiary/aromatic N) is 3. The van der Waals surface area contributed by atoms with E-state index in [2.05, 4.69) is 4.90 Å². The minimum Gasteiger partial charge on any atom is -0.308 e. The molecule has 1 aromatic carbocycles. The average molecular weight is 406 g/mol. The van der Waals surface area contributed by atoms with Gasteiger partial charge in [0.2, 0.25) is 0 Å². The number of aryl methyl sites for hydroxylation is 1. The van der Waals surface area contributed by atoms with Crippen LogP contribution in [-0.2, 0) is 4.79 Å². The first kappa shape index (κ1) is 19.0. The number of benzene rings is 1.